The number of sulfone groups is 1. The van der Waals surface area contributed by atoms with Gasteiger partial charge in [0, 0.05) is 12.8 Å². The number of benzene rings is 2. The molecule has 29 heavy (non-hydrogen) atoms. The van der Waals surface area contributed by atoms with Gasteiger partial charge in [-0.25, -0.2) is 26.9 Å². The molecular weight excluding hydrogens is 419 g/mol. The van der Waals surface area contributed by atoms with Crippen LogP contribution in [0.2, 0.25) is 0 Å². The minimum Gasteiger partial charge on any atom is -0.327 e. The Morgan fingerprint density at radius 2 is 1.86 bits per heavy atom. The Morgan fingerprint density at radius 1 is 1.17 bits per heavy atom. The second-order valence-electron chi connectivity index (χ2n) is 6.26. The van der Waals surface area contributed by atoms with Gasteiger partial charge in [0.15, 0.2) is 9.84 Å². The van der Waals surface area contributed by atoms with Crippen molar-refractivity contribution in [3.63, 3.8) is 0 Å². The average molecular weight is 439 g/mol. The number of aromatic nitrogens is 3. The SMILES string of the molecule is CS(=O)(=O)c1ccc(-c2cccc(-n3cnn(C/C(=C/F)CN)c3=O)c2)cc1.Cl. The predicted molar refractivity (Wildman–Crippen MR) is 112 cm³/mol. The summed E-state index contributed by atoms with van der Waals surface area (Å²) in [6.45, 7) is -0.0275. The lowest BCUT2D eigenvalue weighted by Gasteiger charge is -2.07. The molecule has 0 saturated heterocycles. The van der Waals surface area contributed by atoms with Gasteiger partial charge in [-0.1, -0.05) is 24.3 Å². The van der Waals surface area contributed by atoms with Gasteiger partial charge in [0.2, 0.25) is 0 Å². The van der Waals surface area contributed by atoms with Crippen molar-refractivity contribution < 1.29 is 12.8 Å². The zero-order valence-corrected chi connectivity index (χ0v) is 17.2. The Balaban J connectivity index is 0.00000300. The standard InChI is InChI=1S/C19H19FN4O3S.ClH/c1-28(26,27)18-7-5-15(6-8-18)16-3-2-4-17(9-16)23-13-22-24(19(23)25)12-14(10-20)11-21;/h2-10,13H,11-12,21H2,1H3;1H/b14-10+;. The molecule has 1 aromatic heterocycles. The summed E-state index contributed by atoms with van der Waals surface area (Å²) in [6, 6.07) is 13.7. The van der Waals surface area contributed by atoms with Gasteiger partial charge in [-0.15, -0.1) is 12.4 Å². The van der Waals surface area contributed by atoms with Crippen LogP contribution in [0.25, 0.3) is 16.8 Å². The molecule has 7 nitrogen and oxygen atoms in total. The lowest BCUT2D eigenvalue weighted by molar-refractivity contribution is 0.602. The van der Waals surface area contributed by atoms with Crippen LogP contribution in [0.15, 0.2) is 76.5 Å². The van der Waals surface area contributed by atoms with Crippen molar-refractivity contribution in [1.29, 1.82) is 0 Å². The number of rotatable bonds is 6. The van der Waals surface area contributed by atoms with Gasteiger partial charge in [0.25, 0.3) is 0 Å². The van der Waals surface area contributed by atoms with Crippen LogP contribution in [0.4, 0.5) is 4.39 Å². The maximum atomic E-state index is 12.7. The fourth-order valence-corrected chi connectivity index (χ4v) is 3.32. The van der Waals surface area contributed by atoms with E-state index in [0.29, 0.717) is 12.0 Å². The van der Waals surface area contributed by atoms with Gasteiger partial charge in [0.05, 0.1) is 23.5 Å². The molecule has 0 fully saturated rings. The summed E-state index contributed by atoms with van der Waals surface area (Å²) >= 11 is 0. The molecule has 0 spiro atoms. The molecule has 3 aromatic rings. The number of hydrogen-bond acceptors (Lipinski definition) is 5. The molecule has 0 bridgehead atoms. The molecule has 10 heteroatoms. The molecule has 0 aliphatic carbocycles. The van der Waals surface area contributed by atoms with Crippen molar-refractivity contribution >= 4 is 22.2 Å². The van der Waals surface area contributed by atoms with Crippen molar-refractivity contribution in [2.75, 3.05) is 12.8 Å². The lowest BCUT2D eigenvalue weighted by atomic mass is 10.1. The van der Waals surface area contributed by atoms with E-state index < -0.39 is 15.5 Å². The highest BCUT2D eigenvalue weighted by Crippen LogP contribution is 2.23. The minimum atomic E-state index is -3.27. The first kappa shape index (κ1) is 22.5. The van der Waals surface area contributed by atoms with E-state index in [1.807, 2.05) is 6.07 Å². The number of halogens is 2. The molecule has 2 N–H and O–H groups in total. The number of nitrogens with zero attached hydrogens (tertiary/aromatic N) is 3. The zero-order valence-electron chi connectivity index (χ0n) is 15.5. The van der Waals surface area contributed by atoms with Crippen molar-refractivity contribution in [3.05, 3.63) is 77.2 Å². The Morgan fingerprint density at radius 3 is 2.45 bits per heavy atom. The van der Waals surface area contributed by atoms with E-state index in [9.17, 15) is 17.6 Å². The van der Waals surface area contributed by atoms with Crippen LogP contribution >= 0.6 is 12.4 Å². The maximum absolute atomic E-state index is 12.7. The molecule has 0 saturated carbocycles. The van der Waals surface area contributed by atoms with E-state index in [0.717, 1.165) is 22.1 Å². The summed E-state index contributed by atoms with van der Waals surface area (Å²) < 4.78 is 38.4. The second-order valence-corrected chi connectivity index (χ2v) is 8.28. The molecule has 0 aliphatic rings. The van der Waals surface area contributed by atoms with Crippen molar-refractivity contribution in [1.82, 2.24) is 14.3 Å². The molecule has 0 atom stereocenters. The van der Waals surface area contributed by atoms with Crippen LogP contribution in [0.5, 0.6) is 0 Å². The van der Waals surface area contributed by atoms with Gasteiger partial charge in [-0.2, -0.15) is 5.10 Å². The van der Waals surface area contributed by atoms with Crippen LogP contribution in [0.1, 0.15) is 0 Å². The highest BCUT2D eigenvalue weighted by atomic mass is 35.5. The molecule has 0 radical (unpaired) electrons. The van der Waals surface area contributed by atoms with Gasteiger partial charge in [0.1, 0.15) is 6.33 Å². The van der Waals surface area contributed by atoms with E-state index in [1.54, 1.807) is 42.5 Å². The summed E-state index contributed by atoms with van der Waals surface area (Å²) in [5.74, 6) is 0. The molecular formula is C19H20ClFN4O3S. The average Bonchev–Trinajstić information content (AvgIpc) is 3.06. The fourth-order valence-electron chi connectivity index (χ4n) is 2.69. The Kier molecular flexibility index (Phi) is 7.12. The molecule has 2 aromatic carbocycles. The van der Waals surface area contributed by atoms with E-state index in [2.05, 4.69) is 5.10 Å². The third-order valence-electron chi connectivity index (χ3n) is 4.24. The van der Waals surface area contributed by atoms with Gasteiger partial charge >= 0.3 is 5.69 Å². The predicted octanol–water partition coefficient (Wildman–Crippen LogP) is 2.34. The topological polar surface area (TPSA) is 100.0 Å². The first-order valence-electron chi connectivity index (χ1n) is 8.37. The van der Waals surface area contributed by atoms with Crippen molar-refractivity contribution in [2.24, 2.45) is 5.73 Å². The summed E-state index contributed by atoms with van der Waals surface area (Å²) in [5.41, 5.74) is 7.46. The molecule has 0 unspecified atom stereocenters. The molecule has 1 heterocycles. The lowest BCUT2D eigenvalue weighted by Crippen LogP contribution is -2.25. The minimum absolute atomic E-state index is 0. The largest absolute Gasteiger partial charge is 0.350 e. The normalized spacial score (nSPS) is 11.9. The first-order valence-corrected chi connectivity index (χ1v) is 10.3. The maximum Gasteiger partial charge on any atom is 0.350 e. The molecule has 0 aliphatic heterocycles. The quantitative estimate of drug-likeness (QED) is 0.636. The molecule has 154 valence electrons. The third kappa shape index (κ3) is 5.00. The number of hydrogen-bond donors (Lipinski definition) is 1. The Hall–Kier alpha value is -2.75. The Bertz CT molecular complexity index is 1180. The van der Waals surface area contributed by atoms with E-state index in [1.165, 1.54) is 10.9 Å². The monoisotopic (exact) mass is 438 g/mol. The van der Waals surface area contributed by atoms with E-state index in [4.69, 9.17) is 5.73 Å². The second kappa shape index (κ2) is 9.17. The van der Waals surface area contributed by atoms with Gasteiger partial charge in [-0.3, -0.25) is 0 Å². The van der Waals surface area contributed by atoms with Gasteiger partial charge < -0.3 is 5.73 Å². The smallest absolute Gasteiger partial charge is 0.327 e. The third-order valence-corrected chi connectivity index (χ3v) is 5.37. The van der Waals surface area contributed by atoms with Crippen LogP contribution in [-0.4, -0.2) is 35.6 Å². The zero-order chi connectivity index (χ0) is 20.3. The highest BCUT2D eigenvalue weighted by molar-refractivity contribution is 7.90. The highest BCUT2D eigenvalue weighted by Gasteiger charge is 2.10. The summed E-state index contributed by atoms with van der Waals surface area (Å²) in [4.78, 5) is 12.8. The van der Waals surface area contributed by atoms with E-state index in [-0.39, 0.29) is 36.0 Å². The fraction of sp³-hybridized carbons (Fsp3) is 0.158. The molecule has 0 amide bonds. The van der Waals surface area contributed by atoms with Crippen LogP contribution in [-0.2, 0) is 16.4 Å². The van der Waals surface area contributed by atoms with E-state index >= 15 is 0 Å². The van der Waals surface area contributed by atoms with Gasteiger partial charge in [-0.05, 0) is 41.0 Å². The van der Waals surface area contributed by atoms with Crippen molar-refractivity contribution in [3.8, 4) is 16.8 Å². The molecule has 3 rings (SSSR count). The summed E-state index contributed by atoms with van der Waals surface area (Å²) in [5, 5.41) is 4.01. The van der Waals surface area contributed by atoms with Crippen molar-refractivity contribution in [2.45, 2.75) is 11.4 Å². The summed E-state index contributed by atoms with van der Waals surface area (Å²) in [6.07, 6.45) is 2.90. The van der Waals surface area contributed by atoms with Crippen LogP contribution < -0.4 is 11.4 Å². The number of nitrogens with two attached hydrogens (primary N) is 1. The van der Waals surface area contributed by atoms with Crippen LogP contribution in [0.3, 0.4) is 0 Å². The summed E-state index contributed by atoms with van der Waals surface area (Å²) in [7, 11) is -3.27. The Labute approximate surface area is 173 Å². The first-order chi connectivity index (χ1) is 13.3. The van der Waals surface area contributed by atoms with Crippen LogP contribution in [0, 0.1) is 0 Å².